The van der Waals surface area contributed by atoms with Crippen LogP contribution in [0.5, 0.6) is 0 Å². The Balaban J connectivity index is 2.13. The van der Waals surface area contributed by atoms with Gasteiger partial charge in [-0.15, -0.1) is 0 Å². The molecule has 0 atom stereocenters. The van der Waals surface area contributed by atoms with E-state index in [2.05, 4.69) is 26.2 Å². The number of benzene rings is 1. The van der Waals surface area contributed by atoms with E-state index < -0.39 is 0 Å². The summed E-state index contributed by atoms with van der Waals surface area (Å²) in [4.78, 5) is 14.7. The second-order valence-electron chi connectivity index (χ2n) is 3.56. The van der Waals surface area contributed by atoms with Gasteiger partial charge in [0, 0.05) is 16.4 Å². The van der Waals surface area contributed by atoms with Gasteiger partial charge in [-0.2, -0.15) is 0 Å². The number of halogens is 1. The van der Waals surface area contributed by atoms with Gasteiger partial charge in [-0.3, -0.25) is 4.79 Å². The van der Waals surface area contributed by atoms with Crippen molar-refractivity contribution in [3.63, 3.8) is 0 Å². The molecule has 0 fully saturated rings. The summed E-state index contributed by atoms with van der Waals surface area (Å²) in [5.74, 6) is -0.142. The van der Waals surface area contributed by atoms with Gasteiger partial charge < -0.3 is 10.3 Å². The van der Waals surface area contributed by atoms with E-state index in [4.69, 9.17) is 0 Å². The van der Waals surface area contributed by atoms with E-state index in [0.29, 0.717) is 5.69 Å². The third-order valence-corrected chi connectivity index (χ3v) is 2.63. The lowest BCUT2D eigenvalue weighted by atomic mass is 10.2. The van der Waals surface area contributed by atoms with E-state index in [0.717, 1.165) is 15.7 Å². The number of aromatic nitrogens is 1. The topological polar surface area (TPSA) is 44.9 Å². The Morgan fingerprint density at radius 1 is 1.38 bits per heavy atom. The van der Waals surface area contributed by atoms with Crippen molar-refractivity contribution in [2.75, 3.05) is 5.32 Å². The molecule has 4 heteroatoms. The van der Waals surface area contributed by atoms with Crippen molar-refractivity contribution in [3.05, 3.63) is 52.3 Å². The molecule has 0 spiro atoms. The highest BCUT2D eigenvalue weighted by Crippen LogP contribution is 2.14. The first-order valence-electron chi connectivity index (χ1n) is 4.87. The van der Waals surface area contributed by atoms with Crippen LogP contribution in [0, 0.1) is 6.92 Å². The van der Waals surface area contributed by atoms with Crippen LogP contribution in [-0.2, 0) is 0 Å². The maximum Gasteiger partial charge on any atom is 0.272 e. The van der Waals surface area contributed by atoms with E-state index in [1.54, 1.807) is 12.3 Å². The van der Waals surface area contributed by atoms with Crippen LogP contribution >= 0.6 is 15.9 Å². The minimum Gasteiger partial charge on any atom is -0.356 e. The predicted molar refractivity (Wildman–Crippen MR) is 67.6 cm³/mol. The molecule has 0 radical (unpaired) electrons. The van der Waals surface area contributed by atoms with Gasteiger partial charge in [0.15, 0.2) is 0 Å². The van der Waals surface area contributed by atoms with Crippen molar-refractivity contribution < 1.29 is 4.79 Å². The molecule has 0 aliphatic rings. The van der Waals surface area contributed by atoms with Crippen molar-refractivity contribution in [3.8, 4) is 0 Å². The molecule has 2 rings (SSSR count). The molecule has 2 aromatic rings. The molecule has 16 heavy (non-hydrogen) atoms. The summed E-state index contributed by atoms with van der Waals surface area (Å²) in [5, 5.41) is 2.82. The fraction of sp³-hybridized carbons (Fsp3) is 0.0833. The van der Waals surface area contributed by atoms with Crippen LogP contribution < -0.4 is 5.32 Å². The lowest BCUT2D eigenvalue weighted by molar-refractivity contribution is 0.102. The van der Waals surface area contributed by atoms with Crippen LogP contribution in [0.3, 0.4) is 0 Å². The number of hydrogen-bond acceptors (Lipinski definition) is 1. The third kappa shape index (κ3) is 2.52. The Hall–Kier alpha value is -1.55. The Kier molecular flexibility index (Phi) is 3.10. The Morgan fingerprint density at radius 3 is 2.81 bits per heavy atom. The van der Waals surface area contributed by atoms with E-state index in [-0.39, 0.29) is 5.91 Å². The summed E-state index contributed by atoms with van der Waals surface area (Å²) < 4.78 is 0.863. The van der Waals surface area contributed by atoms with Crippen LogP contribution in [0.4, 0.5) is 5.69 Å². The van der Waals surface area contributed by atoms with E-state index in [1.807, 2.05) is 31.2 Å². The molecule has 0 bridgehead atoms. The van der Waals surface area contributed by atoms with Crippen molar-refractivity contribution >= 4 is 27.5 Å². The molecular formula is C12H11BrN2O. The van der Waals surface area contributed by atoms with Gasteiger partial charge in [0.2, 0.25) is 0 Å². The molecule has 1 aromatic heterocycles. The number of aryl methyl sites for hydroxylation is 1. The number of carbonyl (C=O) groups is 1. The van der Waals surface area contributed by atoms with E-state index in [9.17, 15) is 4.79 Å². The third-order valence-electron chi connectivity index (χ3n) is 2.17. The van der Waals surface area contributed by atoms with Gasteiger partial charge in [0.05, 0.1) is 0 Å². The zero-order valence-corrected chi connectivity index (χ0v) is 10.3. The Bertz CT molecular complexity index is 519. The number of nitrogens with one attached hydrogen (secondary N) is 2. The van der Waals surface area contributed by atoms with Crippen LogP contribution in [-0.4, -0.2) is 10.9 Å². The summed E-state index contributed by atoms with van der Waals surface area (Å²) in [6, 6.07) is 9.43. The number of rotatable bonds is 2. The van der Waals surface area contributed by atoms with Gasteiger partial charge in [-0.05, 0) is 46.6 Å². The monoisotopic (exact) mass is 278 g/mol. The van der Waals surface area contributed by atoms with Crippen molar-refractivity contribution in [2.45, 2.75) is 6.92 Å². The lowest BCUT2D eigenvalue weighted by Crippen LogP contribution is -2.12. The van der Waals surface area contributed by atoms with Gasteiger partial charge >= 0.3 is 0 Å². The average Bonchev–Trinajstić information content (AvgIpc) is 2.65. The average molecular weight is 279 g/mol. The molecule has 0 aliphatic heterocycles. The van der Waals surface area contributed by atoms with Crippen LogP contribution in [0.2, 0.25) is 0 Å². The zero-order chi connectivity index (χ0) is 11.5. The molecule has 1 amide bonds. The summed E-state index contributed by atoms with van der Waals surface area (Å²) in [5.41, 5.74) is 2.45. The predicted octanol–water partition coefficient (Wildman–Crippen LogP) is 3.34. The highest BCUT2D eigenvalue weighted by atomic mass is 79.9. The van der Waals surface area contributed by atoms with Crippen molar-refractivity contribution in [2.24, 2.45) is 0 Å². The number of H-pyrrole nitrogens is 1. The minimum absolute atomic E-state index is 0.142. The number of carbonyl (C=O) groups excluding carboxylic acids is 1. The standard InChI is InChI=1S/C12H11BrN2O/c1-8-3-2-4-10(5-8)15-12(16)11-6-9(13)7-14-11/h2-7,14H,1H3,(H,15,16). The lowest BCUT2D eigenvalue weighted by Gasteiger charge is -2.04. The molecule has 2 N–H and O–H groups in total. The molecule has 0 aliphatic carbocycles. The fourth-order valence-electron chi connectivity index (χ4n) is 1.42. The molecule has 0 saturated carbocycles. The Labute approximate surface area is 102 Å². The second-order valence-corrected chi connectivity index (χ2v) is 4.47. The summed E-state index contributed by atoms with van der Waals surface area (Å²) >= 11 is 3.29. The smallest absolute Gasteiger partial charge is 0.272 e. The zero-order valence-electron chi connectivity index (χ0n) is 8.75. The van der Waals surface area contributed by atoms with E-state index >= 15 is 0 Å². The largest absolute Gasteiger partial charge is 0.356 e. The molecule has 1 aromatic carbocycles. The van der Waals surface area contributed by atoms with Gasteiger partial charge in [0.25, 0.3) is 5.91 Å². The first-order chi connectivity index (χ1) is 7.65. The van der Waals surface area contributed by atoms with Crippen LogP contribution in [0.25, 0.3) is 0 Å². The molecular weight excluding hydrogens is 268 g/mol. The summed E-state index contributed by atoms with van der Waals surface area (Å²) in [7, 11) is 0. The summed E-state index contributed by atoms with van der Waals surface area (Å²) in [6.07, 6.45) is 1.73. The minimum atomic E-state index is -0.142. The SMILES string of the molecule is Cc1cccc(NC(=O)c2cc(Br)c[nH]2)c1. The number of aromatic amines is 1. The normalized spacial score (nSPS) is 10.1. The van der Waals surface area contributed by atoms with E-state index in [1.165, 1.54) is 0 Å². The van der Waals surface area contributed by atoms with Crippen LogP contribution in [0.15, 0.2) is 41.0 Å². The molecule has 1 heterocycles. The summed E-state index contributed by atoms with van der Waals surface area (Å²) in [6.45, 7) is 1.99. The first kappa shape index (κ1) is 11.0. The first-order valence-corrected chi connectivity index (χ1v) is 5.66. The molecule has 0 unspecified atom stereocenters. The highest BCUT2D eigenvalue weighted by Gasteiger charge is 2.07. The molecule has 82 valence electrons. The second kappa shape index (κ2) is 4.53. The Morgan fingerprint density at radius 2 is 2.19 bits per heavy atom. The molecule has 0 saturated heterocycles. The van der Waals surface area contributed by atoms with Crippen LogP contribution in [0.1, 0.15) is 16.1 Å². The number of amides is 1. The van der Waals surface area contributed by atoms with Gasteiger partial charge in [0.1, 0.15) is 5.69 Å². The van der Waals surface area contributed by atoms with Gasteiger partial charge in [-0.1, -0.05) is 12.1 Å². The highest BCUT2D eigenvalue weighted by molar-refractivity contribution is 9.10. The van der Waals surface area contributed by atoms with Crippen molar-refractivity contribution in [1.82, 2.24) is 4.98 Å². The maximum absolute atomic E-state index is 11.8. The maximum atomic E-state index is 11.8. The quantitative estimate of drug-likeness (QED) is 0.870. The van der Waals surface area contributed by atoms with Crippen molar-refractivity contribution in [1.29, 1.82) is 0 Å². The van der Waals surface area contributed by atoms with Gasteiger partial charge in [-0.25, -0.2) is 0 Å². The number of hydrogen-bond donors (Lipinski definition) is 2. The fourth-order valence-corrected chi connectivity index (χ4v) is 1.76. The molecule has 3 nitrogen and oxygen atoms in total. The number of anilines is 1.